The molecule has 82 valence electrons. The molecule has 1 N–H and O–H groups in total. The number of aromatic nitrogens is 1. The Morgan fingerprint density at radius 2 is 2.12 bits per heavy atom. The zero-order chi connectivity index (χ0) is 11.4. The quantitative estimate of drug-likeness (QED) is 0.829. The van der Waals surface area contributed by atoms with E-state index in [1.54, 1.807) is 24.4 Å². The van der Waals surface area contributed by atoms with Crippen LogP contribution in [-0.4, -0.2) is 10.1 Å². The first-order valence-electron chi connectivity index (χ1n) is 4.75. The average molecular weight is 235 g/mol. The van der Waals surface area contributed by atoms with E-state index in [2.05, 4.69) is 4.98 Å². The van der Waals surface area contributed by atoms with Crippen LogP contribution in [0.3, 0.4) is 0 Å². The van der Waals surface area contributed by atoms with E-state index in [-0.39, 0.29) is 11.6 Å². The summed E-state index contributed by atoms with van der Waals surface area (Å²) in [6, 6.07) is 8.44. The van der Waals surface area contributed by atoms with Gasteiger partial charge in [0.05, 0.1) is 6.20 Å². The molecule has 0 amide bonds. The van der Waals surface area contributed by atoms with E-state index < -0.39 is 0 Å². The number of hydrogen-bond acceptors (Lipinski definition) is 3. The molecule has 2 nitrogen and oxygen atoms in total. The van der Waals surface area contributed by atoms with Gasteiger partial charge in [0.2, 0.25) is 0 Å². The lowest BCUT2D eigenvalue weighted by Crippen LogP contribution is -1.85. The van der Waals surface area contributed by atoms with Crippen LogP contribution in [0.2, 0.25) is 0 Å². The Bertz CT molecular complexity index is 444. The SMILES string of the molecule is Oc1cccc(SCc2cncc(F)c2)c1. The van der Waals surface area contributed by atoms with Gasteiger partial charge in [0.25, 0.3) is 0 Å². The highest BCUT2D eigenvalue weighted by Crippen LogP contribution is 2.25. The maximum atomic E-state index is 12.8. The largest absolute Gasteiger partial charge is 0.508 e. The fourth-order valence-corrected chi connectivity index (χ4v) is 2.14. The summed E-state index contributed by atoms with van der Waals surface area (Å²) in [5.41, 5.74) is 0.827. The van der Waals surface area contributed by atoms with Crippen molar-refractivity contribution in [3.8, 4) is 5.75 Å². The first-order valence-corrected chi connectivity index (χ1v) is 5.74. The fourth-order valence-electron chi connectivity index (χ4n) is 1.27. The Morgan fingerprint density at radius 1 is 1.25 bits per heavy atom. The molecule has 0 radical (unpaired) electrons. The highest BCUT2D eigenvalue weighted by Gasteiger charge is 1.99. The predicted octanol–water partition coefficient (Wildman–Crippen LogP) is 3.22. The zero-order valence-electron chi connectivity index (χ0n) is 8.43. The van der Waals surface area contributed by atoms with Crippen molar-refractivity contribution >= 4 is 11.8 Å². The molecule has 2 aromatic rings. The van der Waals surface area contributed by atoms with Crippen LogP contribution in [0.4, 0.5) is 4.39 Å². The van der Waals surface area contributed by atoms with Crippen LogP contribution in [0, 0.1) is 5.82 Å². The molecule has 0 saturated carbocycles. The minimum atomic E-state index is -0.325. The Kier molecular flexibility index (Phi) is 3.41. The Labute approximate surface area is 97.2 Å². The fraction of sp³-hybridized carbons (Fsp3) is 0.0833. The van der Waals surface area contributed by atoms with E-state index >= 15 is 0 Å². The molecule has 0 aliphatic carbocycles. The van der Waals surface area contributed by atoms with Gasteiger partial charge in [-0.1, -0.05) is 6.07 Å². The second-order valence-corrected chi connectivity index (χ2v) is 4.35. The van der Waals surface area contributed by atoms with Gasteiger partial charge in [-0.15, -0.1) is 11.8 Å². The van der Waals surface area contributed by atoms with Crippen LogP contribution in [0.5, 0.6) is 5.75 Å². The van der Waals surface area contributed by atoms with Crippen molar-refractivity contribution in [1.29, 1.82) is 0 Å². The van der Waals surface area contributed by atoms with Gasteiger partial charge in [0.1, 0.15) is 11.6 Å². The molecular weight excluding hydrogens is 225 g/mol. The number of halogens is 1. The third-order valence-corrected chi connectivity index (χ3v) is 3.05. The summed E-state index contributed by atoms with van der Waals surface area (Å²) in [5, 5.41) is 9.27. The smallest absolute Gasteiger partial charge is 0.141 e. The summed E-state index contributed by atoms with van der Waals surface area (Å²) < 4.78 is 12.8. The maximum absolute atomic E-state index is 12.8. The van der Waals surface area contributed by atoms with Crippen LogP contribution in [0.15, 0.2) is 47.6 Å². The van der Waals surface area contributed by atoms with E-state index in [0.717, 1.165) is 10.5 Å². The molecule has 0 aliphatic rings. The number of phenols is 1. The van der Waals surface area contributed by atoms with Gasteiger partial charge in [-0.3, -0.25) is 4.98 Å². The van der Waals surface area contributed by atoms with Crippen molar-refractivity contribution < 1.29 is 9.50 Å². The molecule has 0 bridgehead atoms. The van der Waals surface area contributed by atoms with E-state index in [1.807, 2.05) is 6.07 Å². The van der Waals surface area contributed by atoms with Gasteiger partial charge in [-0.05, 0) is 29.8 Å². The average Bonchev–Trinajstić information content (AvgIpc) is 2.27. The molecule has 0 spiro atoms. The first-order chi connectivity index (χ1) is 7.74. The Morgan fingerprint density at radius 3 is 2.88 bits per heavy atom. The van der Waals surface area contributed by atoms with Crippen LogP contribution in [-0.2, 0) is 5.75 Å². The number of pyridine rings is 1. The number of rotatable bonds is 3. The summed E-state index contributed by atoms with van der Waals surface area (Å²) >= 11 is 1.53. The molecule has 1 aromatic carbocycles. The molecule has 0 atom stereocenters. The van der Waals surface area contributed by atoms with Crippen LogP contribution < -0.4 is 0 Å². The first kappa shape index (κ1) is 11.0. The van der Waals surface area contributed by atoms with Gasteiger partial charge in [0.15, 0.2) is 0 Å². The molecule has 4 heteroatoms. The third kappa shape index (κ3) is 2.97. The standard InChI is InChI=1S/C12H10FNOS/c13-10-4-9(6-14-7-10)8-16-12-3-1-2-11(15)5-12/h1-7,15H,8H2. The maximum Gasteiger partial charge on any atom is 0.141 e. The second kappa shape index (κ2) is 4.99. The molecular formula is C12H10FNOS. The second-order valence-electron chi connectivity index (χ2n) is 3.30. The Hall–Kier alpha value is -1.55. The van der Waals surface area contributed by atoms with Crippen molar-refractivity contribution in [2.24, 2.45) is 0 Å². The summed E-state index contributed by atoms with van der Waals surface area (Å²) in [6.07, 6.45) is 2.82. The number of phenolic OH excluding ortho intramolecular Hbond substituents is 1. The van der Waals surface area contributed by atoms with Crippen molar-refractivity contribution in [2.75, 3.05) is 0 Å². The molecule has 16 heavy (non-hydrogen) atoms. The minimum absolute atomic E-state index is 0.238. The van der Waals surface area contributed by atoms with Gasteiger partial charge >= 0.3 is 0 Å². The molecule has 1 heterocycles. The predicted molar refractivity (Wildman–Crippen MR) is 61.9 cm³/mol. The van der Waals surface area contributed by atoms with E-state index in [0.29, 0.717) is 5.75 Å². The summed E-state index contributed by atoms with van der Waals surface area (Å²) in [7, 11) is 0. The molecule has 0 unspecified atom stereocenters. The Balaban J connectivity index is 2.02. The number of hydrogen-bond donors (Lipinski definition) is 1. The zero-order valence-corrected chi connectivity index (χ0v) is 9.25. The van der Waals surface area contributed by atoms with Crippen LogP contribution >= 0.6 is 11.8 Å². The van der Waals surface area contributed by atoms with Gasteiger partial charge in [-0.25, -0.2) is 4.39 Å². The van der Waals surface area contributed by atoms with Crippen molar-refractivity contribution in [3.05, 3.63) is 54.1 Å². The molecule has 2 rings (SSSR count). The summed E-state index contributed by atoms with van der Waals surface area (Å²) in [6.45, 7) is 0. The molecule has 0 aliphatic heterocycles. The van der Waals surface area contributed by atoms with E-state index in [9.17, 15) is 9.50 Å². The third-order valence-electron chi connectivity index (χ3n) is 1.98. The summed E-state index contributed by atoms with van der Waals surface area (Å²) in [4.78, 5) is 4.72. The van der Waals surface area contributed by atoms with Crippen molar-refractivity contribution in [1.82, 2.24) is 4.98 Å². The van der Waals surface area contributed by atoms with Crippen LogP contribution in [0.25, 0.3) is 0 Å². The highest BCUT2D eigenvalue weighted by atomic mass is 32.2. The highest BCUT2D eigenvalue weighted by molar-refractivity contribution is 7.98. The number of aromatic hydroxyl groups is 1. The minimum Gasteiger partial charge on any atom is -0.508 e. The summed E-state index contributed by atoms with van der Waals surface area (Å²) in [5.74, 6) is 0.546. The lowest BCUT2D eigenvalue weighted by atomic mass is 10.3. The van der Waals surface area contributed by atoms with Gasteiger partial charge < -0.3 is 5.11 Å². The molecule has 0 saturated heterocycles. The topological polar surface area (TPSA) is 33.1 Å². The van der Waals surface area contributed by atoms with Gasteiger partial charge in [0, 0.05) is 16.8 Å². The lowest BCUT2D eigenvalue weighted by Gasteiger charge is -2.02. The van der Waals surface area contributed by atoms with Crippen LogP contribution in [0.1, 0.15) is 5.56 Å². The number of nitrogens with zero attached hydrogens (tertiary/aromatic N) is 1. The monoisotopic (exact) mass is 235 g/mol. The van der Waals surface area contributed by atoms with E-state index in [4.69, 9.17) is 0 Å². The van der Waals surface area contributed by atoms with E-state index in [1.165, 1.54) is 24.0 Å². The van der Waals surface area contributed by atoms with Gasteiger partial charge in [-0.2, -0.15) is 0 Å². The molecule has 0 fully saturated rings. The number of benzene rings is 1. The van der Waals surface area contributed by atoms with Crippen molar-refractivity contribution in [2.45, 2.75) is 10.6 Å². The number of thioether (sulfide) groups is 1. The normalized spacial score (nSPS) is 10.3. The molecule has 1 aromatic heterocycles. The van der Waals surface area contributed by atoms with Crippen molar-refractivity contribution in [3.63, 3.8) is 0 Å². The lowest BCUT2D eigenvalue weighted by molar-refractivity contribution is 0.474.